The van der Waals surface area contributed by atoms with Gasteiger partial charge in [-0.2, -0.15) is 9.78 Å². The van der Waals surface area contributed by atoms with E-state index in [0.717, 1.165) is 17.8 Å². The van der Waals surface area contributed by atoms with E-state index in [9.17, 15) is 4.39 Å². The van der Waals surface area contributed by atoms with E-state index in [1.807, 2.05) is 20.2 Å². The molecule has 0 aliphatic rings. The monoisotopic (exact) mass is 287 g/mol. The van der Waals surface area contributed by atoms with Gasteiger partial charge in [-0.3, -0.25) is 4.68 Å². The van der Waals surface area contributed by atoms with Crippen LogP contribution in [0.2, 0.25) is 0 Å². The minimum absolute atomic E-state index is 0.0911. The molecule has 0 saturated heterocycles. The standard InChI is InChI=1S/C13H14FN7/c1-3-11-12(7-20(2)17-11)21-13(16-18-19-21)8-4-5-10(15)9(14)6-8/h4-7H,3,15H2,1-2H3. The lowest BCUT2D eigenvalue weighted by molar-refractivity contribution is 0.632. The van der Waals surface area contributed by atoms with Crippen molar-refractivity contribution in [1.29, 1.82) is 0 Å². The van der Waals surface area contributed by atoms with Crippen LogP contribution in [0.1, 0.15) is 12.6 Å². The van der Waals surface area contributed by atoms with E-state index in [2.05, 4.69) is 20.6 Å². The molecule has 3 aromatic rings. The maximum Gasteiger partial charge on any atom is 0.187 e. The number of aromatic nitrogens is 6. The smallest absolute Gasteiger partial charge is 0.187 e. The number of hydrogen-bond acceptors (Lipinski definition) is 5. The van der Waals surface area contributed by atoms with Crippen molar-refractivity contribution in [2.45, 2.75) is 13.3 Å². The van der Waals surface area contributed by atoms with Crippen molar-refractivity contribution in [3.8, 4) is 17.1 Å². The minimum atomic E-state index is -0.496. The predicted molar refractivity (Wildman–Crippen MR) is 75.1 cm³/mol. The van der Waals surface area contributed by atoms with Crippen LogP contribution in [0.5, 0.6) is 0 Å². The summed E-state index contributed by atoms with van der Waals surface area (Å²) in [5, 5.41) is 16.0. The molecule has 0 bridgehead atoms. The van der Waals surface area contributed by atoms with Gasteiger partial charge < -0.3 is 5.73 Å². The van der Waals surface area contributed by atoms with Crippen molar-refractivity contribution in [3.63, 3.8) is 0 Å². The molecule has 0 spiro atoms. The summed E-state index contributed by atoms with van der Waals surface area (Å²) in [5.74, 6) is -0.0550. The molecular formula is C13H14FN7. The number of aryl methyl sites for hydroxylation is 2. The molecule has 0 unspecified atom stereocenters. The SMILES string of the molecule is CCc1nn(C)cc1-n1nnnc1-c1ccc(N)c(F)c1. The van der Waals surface area contributed by atoms with Gasteiger partial charge in [-0.25, -0.2) is 4.39 Å². The van der Waals surface area contributed by atoms with Crippen LogP contribution in [0.4, 0.5) is 10.1 Å². The molecule has 2 heterocycles. The second kappa shape index (κ2) is 4.97. The fourth-order valence-corrected chi connectivity index (χ4v) is 2.15. The van der Waals surface area contributed by atoms with Crippen LogP contribution >= 0.6 is 0 Å². The molecule has 3 rings (SSSR count). The highest BCUT2D eigenvalue weighted by atomic mass is 19.1. The Hall–Kier alpha value is -2.77. The Labute approximate surface area is 120 Å². The first-order valence-corrected chi connectivity index (χ1v) is 6.46. The molecule has 1 aromatic carbocycles. The molecule has 0 fully saturated rings. The molecule has 0 saturated carbocycles. The first-order valence-electron chi connectivity index (χ1n) is 6.46. The van der Waals surface area contributed by atoms with Crippen LogP contribution in [0, 0.1) is 5.82 Å². The van der Waals surface area contributed by atoms with Gasteiger partial charge in [0.1, 0.15) is 11.5 Å². The fraction of sp³-hybridized carbons (Fsp3) is 0.231. The summed E-state index contributed by atoms with van der Waals surface area (Å²) in [6.07, 6.45) is 2.57. The molecule has 0 radical (unpaired) electrons. The molecule has 2 N–H and O–H groups in total. The lowest BCUT2D eigenvalue weighted by Gasteiger charge is -2.05. The summed E-state index contributed by atoms with van der Waals surface area (Å²) in [7, 11) is 1.83. The zero-order valence-electron chi connectivity index (χ0n) is 11.7. The van der Waals surface area contributed by atoms with Gasteiger partial charge in [-0.15, -0.1) is 5.10 Å². The number of tetrazole rings is 1. The van der Waals surface area contributed by atoms with Gasteiger partial charge in [0.15, 0.2) is 5.82 Å². The molecule has 0 amide bonds. The van der Waals surface area contributed by atoms with Crippen LogP contribution in [-0.2, 0) is 13.5 Å². The predicted octanol–water partition coefficient (Wildman–Crippen LogP) is 1.35. The molecule has 108 valence electrons. The van der Waals surface area contributed by atoms with Crippen molar-refractivity contribution < 1.29 is 4.39 Å². The first-order chi connectivity index (χ1) is 10.1. The van der Waals surface area contributed by atoms with Crippen molar-refractivity contribution in [3.05, 3.63) is 35.9 Å². The Kier molecular flexibility index (Phi) is 3.13. The van der Waals surface area contributed by atoms with E-state index in [0.29, 0.717) is 11.4 Å². The highest BCUT2D eigenvalue weighted by Gasteiger charge is 2.16. The van der Waals surface area contributed by atoms with E-state index in [1.54, 1.807) is 15.4 Å². The number of nitrogen functional groups attached to an aromatic ring is 1. The minimum Gasteiger partial charge on any atom is -0.396 e. The highest BCUT2D eigenvalue weighted by molar-refractivity contribution is 5.61. The van der Waals surface area contributed by atoms with E-state index in [-0.39, 0.29) is 5.69 Å². The van der Waals surface area contributed by atoms with Crippen molar-refractivity contribution in [2.24, 2.45) is 7.05 Å². The van der Waals surface area contributed by atoms with Crippen LogP contribution < -0.4 is 5.73 Å². The Balaban J connectivity index is 2.14. The van der Waals surface area contributed by atoms with Gasteiger partial charge in [-0.1, -0.05) is 6.92 Å². The van der Waals surface area contributed by atoms with Crippen LogP contribution in [-0.4, -0.2) is 30.0 Å². The van der Waals surface area contributed by atoms with Crippen LogP contribution in [0.3, 0.4) is 0 Å². The second-order valence-corrected chi connectivity index (χ2v) is 4.64. The lowest BCUT2D eigenvalue weighted by atomic mass is 10.2. The number of rotatable bonds is 3. The van der Waals surface area contributed by atoms with Crippen LogP contribution in [0.15, 0.2) is 24.4 Å². The Morgan fingerprint density at radius 1 is 1.33 bits per heavy atom. The van der Waals surface area contributed by atoms with Gasteiger partial charge in [-0.05, 0) is 35.0 Å². The molecular weight excluding hydrogens is 273 g/mol. The fourth-order valence-electron chi connectivity index (χ4n) is 2.15. The maximum atomic E-state index is 13.6. The van der Waals surface area contributed by atoms with Crippen molar-refractivity contribution in [1.82, 2.24) is 30.0 Å². The van der Waals surface area contributed by atoms with Gasteiger partial charge >= 0.3 is 0 Å². The van der Waals surface area contributed by atoms with Gasteiger partial charge in [0.2, 0.25) is 0 Å². The third kappa shape index (κ3) is 2.24. The molecule has 21 heavy (non-hydrogen) atoms. The summed E-state index contributed by atoms with van der Waals surface area (Å²) in [6, 6.07) is 4.50. The Morgan fingerprint density at radius 3 is 2.86 bits per heavy atom. The normalized spacial score (nSPS) is 11.0. The number of benzene rings is 1. The Morgan fingerprint density at radius 2 is 2.14 bits per heavy atom. The number of nitrogens with zero attached hydrogens (tertiary/aromatic N) is 6. The third-order valence-corrected chi connectivity index (χ3v) is 3.17. The molecule has 8 heteroatoms. The highest BCUT2D eigenvalue weighted by Crippen LogP contribution is 2.24. The lowest BCUT2D eigenvalue weighted by Crippen LogP contribution is -2.02. The van der Waals surface area contributed by atoms with E-state index >= 15 is 0 Å². The van der Waals surface area contributed by atoms with Gasteiger partial charge in [0, 0.05) is 12.6 Å². The number of nitrogens with two attached hydrogens (primary N) is 1. The number of hydrogen-bond donors (Lipinski definition) is 1. The maximum absolute atomic E-state index is 13.6. The summed E-state index contributed by atoms with van der Waals surface area (Å²) < 4.78 is 16.9. The summed E-state index contributed by atoms with van der Waals surface area (Å²) in [5.41, 5.74) is 7.78. The number of anilines is 1. The number of halogens is 1. The third-order valence-electron chi connectivity index (χ3n) is 3.17. The first kappa shape index (κ1) is 13.2. The van der Waals surface area contributed by atoms with Crippen LogP contribution in [0.25, 0.3) is 17.1 Å². The van der Waals surface area contributed by atoms with Crippen molar-refractivity contribution >= 4 is 5.69 Å². The Bertz CT molecular complexity index is 790. The zero-order chi connectivity index (χ0) is 15.0. The van der Waals surface area contributed by atoms with Crippen molar-refractivity contribution in [2.75, 3.05) is 5.73 Å². The average molecular weight is 287 g/mol. The second-order valence-electron chi connectivity index (χ2n) is 4.64. The molecule has 7 nitrogen and oxygen atoms in total. The summed E-state index contributed by atoms with van der Waals surface area (Å²) in [4.78, 5) is 0. The molecule has 0 atom stereocenters. The quantitative estimate of drug-likeness (QED) is 0.735. The van der Waals surface area contributed by atoms with E-state index < -0.39 is 5.82 Å². The van der Waals surface area contributed by atoms with Gasteiger partial charge in [0.25, 0.3) is 0 Å². The van der Waals surface area contributed by atoms with E-state index in [1.165, 1.54) is 12.1 Å². The van der Waals surface area contributed by atoms with Gasteiger partial charge in [0.05, 0.1) is 17.6 Å². The largest absolute Gasteiger partial charge is 0.396 e. The van der Waals surface area contributed by atoms with E-state index in [4.69, 9.17) is 5.73 Å². The molecule has 2 aromatic heterocycles. The summed E-state index contributed by atoms with van der Waals surface area (Å²) >= 11 is 0. The topological polar surface area (TPSA) is 87.4 Å². The molecule has 0 aliphatic carbocycles. The average Bonchev–Trinajstić information content (AvgIpc) is 3.07. The summed E-state index contributed by atoms with van der Waals surface area (Å²) in [6.45, 7) is 2.00. The molecule has 0 aliphatic heterocycles. The zero-order valence-corrected chi connectivity index (χ0v) is 11.7.